The van der Waals surface area contributed by atoms with Crippen molar-refractivity contribution >= 4 is 33.3 Å². The van der Waals surface area contributed by atoms with Crippen LogP contribution >= 0.6 is 0 Å². The van der Waals surface area contributed by atoms with Crippen LogP contribution in [0.1, 0.15) is 0 Å². The van der Waals surface area contributed by atoms with Crippen LogP contribution in [0, 0.1) is 0 Å². The number of anilines is 2. The summed E-state index contributed by atoms with van der Waals surface area (Å²) in [7, 11) is 7.79. The van der Waals surface area contributed by atoms with Gasteiger partial charge in [0.15, 0.2) is 0 Å². The molecule has 0 saturated heterocycles. The van der Waals surface area contributed by atoms with E-state index in [9.17, 15) is 9.59 Å². The molecular formula is C22H22N2O4. The van der Waals surface area contributed by atoms with E-state index in [0.29, 0.717) is 11.2 Å². The van der Waals surface area contributed by atoms with Crippen LogP contribution in [0.15, 0.2) is 79.1 Å². The highest BCUT2D eigenvalue weighted by Crippen LogP contribution is 2.20. The maximum atomic E-state index is 11.0. The summed E-state index contributed by atoms with van der Waals surface area (Å²) in [5.74, 6) is 0. The van der Waals surface area contributed by atoms with E-state index >= 15 is 0 Å². The fraction of sp³-hybridized carbons (Fsp3) is 0.182. The molecule has 144 valence electrons. The highest BCUT2D eigenvalue weighted by atomic mass is 16.4. The van der Waals surface area contributed by atoms with Crippen molar-refractivity contribution in [2.24, 2.45) is 0 Å². The monoisotopic (exact) mass is 378 g/mol. The summed E-state index contributed by atoms with van der Waals surface area (Å²) in [5, 5.41) is 1.88. The highest BCUT2D eigenvalue weighted by Gasteiger charge is 2.01. The molecule has 0 aliphatic heterocycles. The Morgan fingerprint density at radius 2 is 0.929 bits per heavy atom. The van der Waals surface area contributed by atoms with Crippen molar-refractivity contribution in [2.75, 3.05) is 38.0 Å². The number of hydrogen-bond donors (Lipinski definition) is 0. The van der Waals surface area contributed by atoms with Crippen LogP contribution in [-0.4, -0.2) is 28.2 Å². The van der Waals surface area contributed by atoms with E-state index in [1.807, 2.05) is 74.4 Å². The third-order valence-corrected chi connectivity index (χ3v) is 4.25. The predicted molar refractivity (Wildman–Crippen MR) is 114 cm³/mol. The van der Waals surface area contributed by atoms with Crippen molar-refractivity contribution in [2.45, 2.75) is 0 Å². The Balaban J connectivity index is 0.000000161. The molecule has 6 heteroatoms. The minimum Gasteiger partial charge on any atom is -0.423 e. The maximum Gasteiger partial charge on any atom is 0.336 e. The Kier molecular flexibility index (Phi) is 5.49. The second kappa shape index (κ2) is 8.00. The standard InChI is InChI=1S/2C11H11NO2/c2*1-12(2)9-5-3-8-4-6-11(13)14-10(8)7-9/h2*3-7H,1-2H3. The number of hydrogen-bond acceptors (Lipinski definition) is 6. The van der Waals surface area contributed by atoms with Crippen molar-refractivity contribution in [3.05, 3.63) is 81.5 Å². The molecule has 0 bridgehead atoms. The molecule has 0 aliphatic carbocycles. The SMILES string of the molecule is CN(C)c1ccc2ccc(=O)oc2c1.CN(C)c1ccc2ccc(=O)oc2c1. The van der Waals surface area contributed by atoms with Crippen LogP contribution in [0.2, 0.25) is 0 Å². The Bertz CT molecular complexity index is 1130. The van der Waals surface area contributed by atoms with E-state index in [-0.39, 0.29) is 11.3 Å². The average molecular weight is 378 g/mol. The molecule has 0 atom stereocenters. The fourth-order valence-corrected chi connectivity index (χ4v) is 2.66. The van der Waals surface area contributed by atoms with Gasteiger partial charge in [0, 0.05) is 74.6 Å². The van der Waals surface area contributed by atoms with Crippen LogP contribution in [0.25, 0.3) is 21.9 Å². The molecule has 0 N–H and O–H groups in total. The van der Waals surface area contributed by atoms with E-state index < -0.39 is 0 Å². The van der Waals surface area contributed by atoms with Gasteiger partial charge in [0.1, 0.15) is 11.2 Å². The molecule has 6 nitrogen and oxygen atoms in total. The Hall–Kier alpha value is -3.54. The molecule has 0 spiro atoms. The fourth-order valence-electron chi connectivity index (χ4n) is 2.66. The van der Waals surface area contributed by atoms with Crippen LogP contribution in [0.5, 0.6) is 0 Å². The minimum atomic E-state index is -0.312. The van der Waals surface area contributed by atoms with Gasteiger partial charge in [-0.3, -0.25) is 0 Å². The quantitative estimate of drug-likeness (QED) is 0.495. The summed E-state index contributed by atoms with van der Waals surface area (Å²) in [4.78, 5) is 25.9. The lowest BCUT2D eigenvalue weighted by Crippen LogP contribution is -2.08. The minimum absolute atomic E-state index is 0.312. The average Bonchev–Trinajstić information content (AvgIpc) is 2.67. The van der Waals surface area contributed by atoms with Crippen LogP contribution in [0.3, 0.4) is 0 Å². The normalized spacial score (nSPS) is 10.4. The zero-order valence-corrected chi connectivity index (χ0v) is 16.3. The summed E-state index contributed by atoms with van der Waals surface area (Å²) in [5.41, 5.74) is 2.67. The van der Waals surface area contributed by atoms with Crippen molar-refractivity contribution < 1.29 is 8.83 Å². The van der Waals surface area contributed by atoms with Gasteiger partial charge in [-0.05, 0) is 36.4 Å². The van der Waals surface area contributed by atoms with Gasteiger partial charge >= 0.3 is 11.3 Å². The molecule has 4 aromatic rings. The van der Waals surface area contributed by atoms with Gasteiger partial charge in [-0.1, -0.05) is 0 Å². The summed E-state index contributed by atoms with van der Waals surface area (Å²) in [6.07, 6.45) is 0. The van der Waals surface area contributed by atoms with Gasteiger partial charge in [0.25, 0.3) is 0 Å². The maximum absolute atomic E-state index is 11.0. The van der Waals surface area contributed by atoms with Crippen LogP contribution < -0.4 is 21.1 Å². The van der Waals surface area contributed by atoms with Crippen molar-refractivity contribution in [3.63, 3.8) is 0 Å². The number of nitrogens with zero attached hydrogens (tertiary/aromatic N) is 2. The molecule has 2 aromatic carbocycles. The van der Waals surface area contributed by atoms with E-state index in [1.165, 1.54) is 12.1 Å². The van der Waals surface area contributed by atoms with Gasteiger partial charge in [-0.2, -0.15) is 0 Å². The Morgan fingerprint density at radius 3 is 1.29 bits per heavy atom. The first-order chi connectivity index (χ1) is 13.3. The molecule has 0 amide bonds. The Morgan fingerprint density at radius 1 is 0.571 bits per heavy atom. The van der Waals surface area contributed by atoms with E-state index in [4.69, 9.17) is 8.83 Å². The molecule has 0 aliphatic rings. The lowest BCUT2D eigenvalue weighted by atomic mass is 10.2. The van der Waals surface area contributed by atoms with Gasteiger partial charge < -0.3 is 18.6 Å². The van der Waals surface area contributed by atoms with E-state index in [1.54, 1.807) is 12.1 Å². The van der Waals surface area contributed by atoms with Crippen molar-refractivity contribution in [1.29, 1.82) is 0 Å². The van der Waals surface area contributed by atoms with Crippen molar-refractivity contribution in [3.8, 4) is 0 Å². The molecular weight excluding hydrogens is 356 g/mol. The van der Waals surface area contributed by atoms with Gasteiger partial charge in [0.2, 0.25) is 0 Å². The third kappa shape index (κ3) is 4.40. The largest absolute Gasteiger partial charge is 0.423 e. The second-order valence-corrected chi connectivity index (χ2v) is 6.74. The molecule has 2 aromatic heterocycles. The van der Waals surface area contributed by atoms with E-state index in [0.717, 1.165) is 22.1 Å². The predicted octanol–water partition coefficient (Wildman–Crippen LogP) is 3.72. The first-order valence-electron chi connectivity index (χ1n) is 8.76. The van der Waals surface area contributed by atoms with Crippen LogP contribution in [0.4, 0.5) is 11.4 Å². The smallest absolute Gasteiger partial charge is 0.336 e. The molecule has 4 rings (SSSR count). The van der Waals surface area contributed by atoms with Crippen molar-refractivity contribution in [1.82, 2.24) is 0 Å². The molecule has 28 heavy (non-hydrogen) atoms. The van der Waals surface area contributed by atoms with Gasteiger partial charge in [0.05, 0.1) is 0 Å². The van der Waals surface area contributed by atoms with Gasteiger partial charge in [-0.15, -0.1) is 0 Å². The Labute approximate surface area is 162 Å². The summed E-state index contributed by atoms with van der Waals surface area (Å²) >= 11 is 0. The molecule has 0 fully saturated rings. The zero-order valence-electron chi connectivity index (χ0n) is 16.3. The number of fused-ring (bicyclic) bond motifs is 2. The molecule has 0 radical (unpaired) electrons. The summed E-state index contributed by atoms with van der Waals surface area (Å²) < 4.78 is 10.1. The molecule has 0 unspecified atom stereocenters. The van der Waals surface area contributed by atoms with Gasteiger partial charge in [-0.25, -0.2) is 9.59 Å². The first kappa shape index (κ1) is 19.2. The topological polar surface area (TPSA) is 66.9 Å². The number of rotatable bonds is 2. The lowest BCUT2D eigenvalue weighted by Gasteiger charge is -2.11. The van der Waals surface area contributed by atoms with E-state index in [2.05, 4.69) is 0 Å². The lowest BCUT2D eigenvalue weighted by molar-refractivity contribution is 0.560. The highest BCUT2D eigenvalue weighted by molar-refractivity contribution is 5.81. The molecule has 2 heterocycles. The van der Waals surface area contributed by atoms with Crippen LogP contribution in [-0.2, 0) is 0 Å². The zero-order chi connectivity index (χ0) is 20.3. The third-order valence-electron chi connectivity index (χ3n) is 4.25. The molecule has 0 saturated carbocycles. The summed E-state index contributed by atoms with van der Waals surface area (Å²) in [6, 6.07) is 18.0. The second-order valence-electron chi connectivity index (χ2n) is 6.74. The first-order valence-corrected chi connectivity index (χ1v) is 8.76. The number of benzene rings is 2. The summed E-state index contributed by atoms with van der Waals surface area (Å²) in [6.45, 7) is 0.